The first-order chi connectivity index (χ1) is 11.4. The van der Waals surface area contributed by atoms with Crippen molar-refractivity contribution in [3.8, 4) is 0 Å². The van der Waals surface area contributed by atoms with Gasteiger partial charge in [0.2, 0.25) is 0 Å². The van der Waals surface area contributed by atoms with Crippen LogP contribution in [-0.4, -0.2) is 13.0 Å². The minimum absolute atomic E-state index is 0.0602. The smallest absolute Gasteiger partial charge is 0.352 e. The fourth-order valence-corrected chi connectivity index (χ4v) is 2.22. The van der Waals surface area contributed by atoms with Gasteiger partial charge < -0.3 is 10.6 Å². The number of benzene rings is 2. The highest BCUT2D eigenvalue weighted by molar-refractivity contribution is 5.80. The van der Waals surface area contributed by atoms with Crippen molar-refractivity contribution in [3.63, 3.8) is 0 Å². The molecule has 0 bridgehead atoms. The van der Waals surface area contributed by atoms with Gasteiger partial charge in [-0.2, -0.15) is 13.2 Å². The fraction of sp³-hybridized carbons (Fsp3) is 0.278. The maximum Gasteiger partial charge on any atom is 0.416 e. The molecule has 0 aliphatic rings. The highest BCUT2D eigenvalue weighted by Crippen LogP contribution is 2.29. The summed E-state index contributed by atoms with van der Waals surface area (Å²) >= 11 is 0. The molecule has 0 saturated carbocycles. The summed E-state index contributed by atoms with van der Waals surface area (Å²) in [7, 11) is 1.65. The molecule has 0 fully saturated rings. The van der Waals surface area contributed by atoms with Crippen LogP contribution in [0.3, 0.4) is 0 Å². The number of halogens is 3. The first-order valence-electron chi connectivity index (χ1n) is 7.58. The van der Waals surface area contributed by atoms with Gasteiger partial charge in [-0.15, -0.1) is 0 Å². The molecule has 128 valence electrons. The molecule has 0 amide bonds. The molecule has 1 unspecified atom stereocenters. The summed E-state index contributed by atoms with van der Waals surface area (Å²) in [6.45, 7) is 2.40. The Labute approximate surface area is 139 Å². The summed E-state index contributed by atoms with van der Waals surface area (Å²) in [5.74, 6) is 0.589. The topological polar surface area (TPSA) is 36.4 Å². The third-order valence-corrected chi connectivity index (χ3v) is 3.62. The number of aliphatic imine (C=N–C) groups is 1. The van der Waals surface area contributed by atoms with Gasteiger partial charge in [0.05, 0.1) is 11.6 Å². The normalized spacial score (nSPS) is 13.5. The molecule has 2 aromatic rings. The number of alkyl halides is 3. The molecule has 0 saturated heterocycles. The molecule has 2 N–H and O–H groups in total. The molecule has 0 aliphatic carbocycles. The van der Waals surface area contributed by atoms with E-state index in [1.165, 1.54) is 12.1 Å². The summed E-state index contributed by atoms with van der Waals surface area (Å²) in [5.41, 5.74) is 1.22. The lowest BCUT2D eigenvalue weighted by Gasteiger charge is -2.18. The Morgan fingerprint density at radius 1 is 1.04 bits per heavy atom. The molecule has 0 radical (unpaired) electrons. The van der Waals surface area contributed by atoms with Gasteiger partial charge in [0.25, 0.3) is 0 Å². The average Bonchev–Trinajstić information content (AvgIpc) is 2.58. The van der Waals surface area contributed by atoms with E-state index in [-0.39, 0.29) is 6.04 Å². The predicted molar refractivity (Wildman–Crippen MR) is 89.6 cm³/mol. The van der Waals surface area contributed by atoms with Crippen LogP contribution in [-0.2, 0) is 12.7 Å². The van der Waals surface area contributed by atoms with E-state index in [1.54, 1.807) is 7.05 Å². The van der Waals surface area contributed by atoms with Gasteiger partial charge in [0, 0.05) is 13.6 Å². The molecular formula is C18H20F3N3. The Hall–Kier alpha value is -2.50. The van der Waals surface area contributed by atoms with Crippen molar-refractivity contribution >= 4 is 5.96 Å². The monoisotopic (exact) mass is 335 g/mol. The molecule has 0 spiro atoms. The second kappa shape index (κ2) is 7.86. The molecule has 0 heterocycles. The highest BCUT2D eigenvalue weighted by Gasteiger charge is 2.29. The Kier molecular flexibility index (Phi) is 5.84. The van der Waals surface area contributed by atoms with E-state index in [9.17, 15) is 13.2 Å². The Morgan fingerprint density at radius 2 is 1.67 bits per heavy atom. The molecule has 2 rings (SSSR count). The Balaban J connectivity index is 1.92. The van der Waals surface area contributed by atoms with Crippen LogP contribution < -0.4 is 10.6 Å². The zero-order valence-corrected chi connectivity index (χ0v) is 13.6. The second-order valence-corrected chi connectivity index (χ2v) is 5.40. The summed E-state index contributed by atoms with van der Waals surface area (Å²) in [5, 5.41) is 6.35. The van der Waals surface area contributed by atoms with E-state index in [4.69, 9.17) is 0 Å². The first kappa shape index (κ1) is 17.8. The molecule has 1 atom stereocenters. The molecule has 0 aromatic heterocycles. The molecular weight excluding hydrogens is 315 g/mol. The van der Waals surface area contributed by atoms with Gasteiger partial charge >= 0.3 is 6.18 Å². The number of nitrogens with zero attached hydrogens (tertiary/aromatic N) is 1. The van der Waals surface area contributed by atoms with Gasteiger partial charge in [-0.3, -0.25) is 4.99 Å². The van der Waals surface area contributed by atoms with Gasteiger partial charge in [-0.05, 0) is 30.2 Å². The highest BCUT2D eigenvalue weighted by atomic mass is 19.4. The van der Waals surface area contributed by atoms with E-state index in [0.29, 0.717) is 12.5 Å². The van der Waals surface area contributed by atoms with Gasteiger partial charge in [0.15, 0.2) is 5.96 Å². The number of hydrogen-bond acceptors (Lipinski definition) is 1. The lowest BCUT2D eigenvalue weighted by atomic mass is 10.1. The number of guanidine groups is 1. The van der Waals surface area contributed by atoms with Crippen LogP contribution in [0.25, 0.3) is 0 Å². The van der Waals surface area contributed by atoms with Crippen LogP contribution in [0.2, 0.25) is 0 Å². The van der Waals surface area contributed by atoms with Crippen molar-refractivity contribution in [2.75, 3.05) is 7.05 Å². The first-order valence-corrected chi connectivity index (χ1v) is 7.58. The lowest BCUT2D eigenvalue weighted by Crippen LogP contribution is -2.38. The summed E-state index contributed by atoms with van der Waals surface area (Å²) in [4.78, 5) is 4.14. The minimum atomic E-state index is -4.31. The zero-order valence-electron chi connectivity index (χ0n) is 13.6. The van der Waals surface area contributed by atoms with Crippen LogP contribution in [0.5, 0.6) is 0 Å². The van der Waals surface area contributed by atoms with Crippen molar-refractivity contribution in [1.29, 1.82) is 0 Å². The van der Waals surface area contributed by atoms with Gasteiger partial charge in [-0.1, -0.05) is 42.5 Å². The van der Waals surface area contributed by atoms with E-state index in [0.717, 1.165) is 23.3 Å². The standard InChI is InChI=1S/C18H20F3N3/c1-13(15-6-4-3-5-7-15)24-17(22-2)23-12-14-8-10-16(11-9-14)18(19,20)21/h3-11,13H,12H2,1-2H3,(H2,22,23,24). The molecule has 24 heavy (non-hydrogen) atoms. The number of rotatable bonds is 4. The summed E-state index contributed by atoms with van der Waals surface area (Å²) in [6, 6.07) is 15.1. The summed E-state index contributed by atoms with van der Waals surface area (Å²) in [6.07, 6.45) is -4.31. The van der Waals surface area contributed by atoms with Crippen LogP contribution in [0.15, 0.2) is 59.6 Å². The van der Waals surface area contributed by atoms with Crippen LogP contribution in [0, 0.1) is 0 Å². The minimum Gasteiger partial charge on any atom is -0.352 e. The van der Waals surface area contributed by atoms with E-state index in [1.807, 2.05) is 37.3 Å². The molecule has 3 nitrogen and oxygen atoms in total. The van der Waals surface area contributed by atoms with Crippen LogP contribution >= 0.6 is 0 Å². The third kappa shape index (κ3) is 5.01. The Morgan fingerprint density at radius 3 is 2.21 bits per heavy atom. The van der Waals surface area contributed by atoms with Gasteiger partial charge in [-0.25, -0.2) is 0 Å². The number of nitrogens with one attached hydrogen (secondary N) is 2. The van der Waals surface area contributed by atoms with Crippen molar-refractivity contribution in [1.82, 2.24) is 10.6 Å². The maximum absolute atomic E-state index is 12.5. The largest absolute Gasteiger partial charge is 0.416 e. The van der Waals surface area contributed by atoms with Crippen molar-refractivity contribution < 1.29 is 13.2 Å². The molecule has 0 aliphatic heterocycles. The van der Waals surface area contributed by atoms with Crippen molar-refractivity contribution in [2.45, 2.75) is 25.7 Å². The fourth-order valence-electron chi connectivity index (χ4n) is 2.22. The SMILES string of the molecule is CN=C(NCc1ccc(C(F)(F)F)cc1)NC(C)c1ccccc1. The van der Waals surface area contributed by atoms with Crippen LogP contribution in [0.4, 0.5) is 13.2 Å². The third-order valence-electron chi connectivity index (χ3n) is 3.62. The van der Waals surface area contributed by atoms with E-state index < -0.39 is 11.7 Å². The average molecular weight is 335 g/mol. The van der Waals surface area contributed by atoms with E-state index in [2.05, 4.69) is 15.6 Å². The zero-order chi connectivity index (χ0) is 17.6. The Bertz CT molecular complexity index is 664. The van der Waals surface area contributed by atoms with Crippen molar-refractivity contribution in [3.05, 3.63) is 71.3 Å². The lowest BCUT2D eigenvalue weighted by molar-refractivity contribution is -0.137. The molecule has 6 heteroatoms. The van der Waals surface area contributed by atoms with Gasteiger partial charge in [0.1, 0.15) is 0 Å². The van der Waals surface area contributed by atoms with Crippen LogP contribution in [0.1, 0.15) is 29.7 Å². The van der Waals surface area contributed by atoms with Crippen molar-refractivity contribution in [2.24, 2.45) is 4.99 Å². The quantitative estimate of drug-likeness (QED) is 0.651. The molecule has 2 aromatic carbocycles. The second-order valence-electron chi connectivity index (χ2n) is 5.40. The number of hydrogen-bond donors (Lipinski definition) is 2. The maximum atomic E-state index is 12.5. The van der Waals surface area contributed by atoms with E-state index >= 15 is 0 Å². The summed E-state index contributed by atoms with van der Waals surface area (Å²) < 4.78 is 37.6. The predicted octanol–water partition coefficient (Wildman–Crippen LogP) is 4.13.